The molecule has 1 heterocycles. The summed E-state index contributed by atoms with van der Waals surface area (Å²) in [5.41, 5.74) is 1.20. The summed E-state index contributed by atoms with van der Waals surface area (Å²) in [4.78, 5) is 12.1. The van der Waals surface area contributed by atoms with E-state index in [1.165, 1.54) is 30.3 Å². The second-order valence-electron chi connectivity index (χ2n) is 6.05. The fourth-order valence-corrected chi connectivity index (χ4v) is 4.14. The van der Waals surface area contributed by atoms with Gasteiger partial charge in [0, 0.05) is 23.2 Å². The molecule has 2 aromatic carbocycles. The molecule has 1 aromatic heterocycles. The zero-order chi connectivity index (χ0) is 20.3. The highest BCUT2D eigenvalue weighted by Crippen LogP contribution is 2.22. The number of nitrogens with zero attached hydrogens (tertiary/aromatic N) is 2. The molecule has 3 rings (SSSR count). The van der Waals surface area contributed by atoms with Gasteiger partial charge in [0.1, 0.15) is 5.82 Å². The first-order valence-corrected chi connectivity index (χ1v) is 10.2. The molecule has 0 atom stereocenters. The van der Waals surface area contributed by atoms with Gasteiger partial charge in [0.15, 0.2) is 0 Å². The second-order valence-corrected chi connectivity index (χ2v) is 8.19. The molecular formula is C19H17ClFN3O3S. The van der Waals surface area contributed by atoms with E-state index >= 15 is 0 Å². The van der Waals surface area contributed by atoms with Crippen molar-refractivity contribution in [1.82, 2.24) is 14.5 Å². The summed E-state index contributed by atoms with van der Waals surface area (Å²) >= 11 is 5.98. The van der Waals surface area contributed by atoms with E-state index in [1.54, 1.807) is 31.2 Å². The third-order valence-corrected chi connectivity index (χ3v) is 6.14. The Morgan fingerprint density at radius 3 is 2.54 bits per heavy atom. The number of nitrogens with one attached hydrogen (secondary N) is 1. The molecule has 0 saturated heterocycles. The zero-order valence-corrected chi connectivity index (χ0v) is 16.5. The SMILES string of the molecule is Cc1c(Cl)cccc1S(=O)(=O)NCCn1nc(-c2ccc(F)cc2)ccc1=O. The highest BCUT2D eigenvalue weighted by Gasteiger charge is 2.17. The van der Waals surface area contributed by atoms with Crippen LogP contribution in [0.4, 0.5) is 4.39 Å². The van der Waals surface area contributed by atoms with Crippen molar-refractivity contribution in [3.63, 3.8) is 0 Å². The summed E-state index contributed by atoms with van der Waals surface area (Å²) in [7, 11) is -3.78. The van der Waals surface area contributed by atoms with Crippen molar-refractivity contribution in [2.24, 2.45) is 0 Å². The summed E-state index contributed by atoms with van der Waals surface area (Å²) in [6.45, 7) is 1.62. The zero-order valence-electron chi connectivity index (χ0n) is 14.9. The summed E-state index contributed by atoms with van der Waals surface area (Å²) in [6, 6.07) is 13.2. The lowest BCUT2D eigenvalue weighted by Gasteiger charge is -2.11. The molecular weight excluding hydrogens is 405 g/mol. The standard InChI is InChI=1S/C19H17ClFN3O3S/c1-13-16(20)3-2-4-18(13)28(26,27)22-11-12-24-19(25)10-9-17(23-24)14-5-7-15(21)8-6-14/h2-10,22H,11-12H2,1H3. The van der Waals surface area contributed by atoms with E-state index in [2.05, 4.69) is 9.82 Å². The molecule has 0 radical (unpaired) electrons. The first kappa shape index (κ1) is 20.2. The Kier molecular flexibility index (Phi) is 5.93. The molecule has 0 bridgehead atoms. The lowest BCUT2D eigenvalue weighted by atomic mass is 10.1. The molecule has 9 heteroatoms. The van der Waals surface area contributed by atoms with E-state index in [-0.39, 0.29) is 29.4 Å². The summed E-state index contributed by atoms with van der Waals surface area (Å²) in [5.74, 6) is -0.372. The van der Waals surface area contributed by atoms with Crippen LogP contribution in [-0.2, 0) is 16.6 Å². The minimum absolute atomic E-state index is 0.0337. The molecule has 0 spiro atoms. The average Bonchev–Trinajstić information content (AvgIpc) is 2.66. The Balaban J connectivity index is 1.76. The number of halogens is 2. The molecule has 0 unspecified atom stereocenters. The smallest absolute Gasteiger partial charge is 0.266 e. The Morgan fingerprint density at radius 1 is 1.11 bits per heavy atom. The first-order chi connectivity index (χ1) is 13.3. The van der Waals surface area contributed by atoms with E-state index in [4.69, 9.17) is 11.6 Å². The highest BCUT2D eigenvalue weighted by atomic mass is 35.5. The normalized spacial score (nSPS) is 11.5. The molecule has 6 nitrogen and oxygen atoms in total. The predicted molar refractivity (Wildman–Crippen MR) is 105 cm³/mol. The lowest BCUT2D eigenvalue weighted by molar-refractivity contribution is 0.548. The minimum Gasteiger partial charge on any atom is -0.268 e. The minimum atomic E-state index is -3.78. The van der Waals surface area contributed by atoms with E-state index < -0.39 is 10.0 Å². The van der Waals surface area contributed by atoms with Crippen molar-refractivity contribution in [1.29, 1.82) is 0 Å². The predicted octanol–water partition coefficient (Wildman–Crippen LogP) is 2.99. The van der Waals surface area contributed by atoms with Crippen LogP contribution in [0.3, 0.4) is 0 Å². The number of hydrogen-bond donors (Lipinski definition) is 1. The molecule has 0 aliphatic rings. The lowest BCUT2D eigenvalue weighted by Crippen LogP contribution is -2.32. The molecule has 146 valence electrons. The van der Waals surface area contributed by atoms with Crippen LogP contribution in [0.2, 0.25) is 5.02 Å². The summed E-state index contributed by atoms with van der Waals surface area (Å²) < 4.78 is 41.7. The molecule has 0 aliphatic carbocycles. The Morgan fingerprint density at radius 2 is 1.82 bits per heavy atom. The van der Waals surface area contributed by atoms with Crippen LogP contribution in [0.15, 0.2) is 64.3 Å². The number of hydrogen-bond acceptors (Lipinski definition) is 4. The van der Waals surface area contributed by atoms with E-state index in [1.807, 2.05) is 0 Å². The van der Waals surface area contributed by atoms with Crippen LogP contribution in [-0.4, -0.2) is 24.7 Å². The van der Waals surface area contributed by atoms with Crippen molar-refractivity contribution in [2.45, 2.75) is 18.4 Å². The van der Waals surface area contributed by atoms with Gasteiger partial charge >= 0.3 is 0 Å². The molecule has 0 aliphatic heterocycles. The average molecular weight is 422 g/mol. The van der Waals surface area contributed by atoms with Crippen LogP contribution < -0.4 is 10.3 Å². The molecule has 0 fully saturated rings. The Bertz CT molecular complexity index is 1160. The highest BCUT2D eigenvalue weighted by molar-refractivity contribution is 7.89. The van der Waals surface area contributed by atoms with Gasteiger partial charge in [0.25, 0.3) is 5.56 Å². The van der Waals surface area contributed by atoms with Gasteiger partial charge in [0.05, 0.1) is 17.1 Å². The number of rotatable bonds is 6. The van der Waals surface area contributed by atoms with Gasteiger partial charge in [-0.1, -0.05) is 17.7 Å². The second kappa shape index (κ2) is 8.22. The van der Waals surface area contributed by atoms with Gasteiger partial charge in [-0.2, -0.15) is 5.10 Å². The van der Waals surface area contributed by atoms with Crippen LogP contribution in [0.25, 0.3) is 11.3 Å². The Hall–Kier alpha value is -2.55. The van der Waals surface area contributed by atoms with Crippen LogP contribution in [0, 0.1) is 12.7 Å². The monoisotopic (exact) mass is 421 g/mol. The molecule has 1 N–H and O–H groups in total. The quantitative estimate of drug-likeness (QED) is 0.663. The van der Waals surface area contributed by atoms with Crippen molar-refractivity contribution >= 4 is 21.6 Å². The van der Waals surface area contributed by atoms with Gasteiger partial charge < -0.3 is 0 Å². The van der Waals surface area contributed by atoms with Gasteiger partial charge in [0.2, 0.25) is 10.0 Å². The van der Waals surface area contributed by atoms with Crippen LogP contribution >= 0.6 is 11.6 Å². The molecule has 0 saturated carbocycles. The molecule has 3 aromatic rings. The van der Waals surface area contributed by atoms with Crippen molar-refractivity contribution < 1.29 is 12.8 Å². The number of sulfonamides is 1. The van der Waals surface area contributed by atoms with E-state index in [9.17, 15) is 17.6 Å². The fraction of sp³-hybridized carbons (Fsp3) is 0.158. The Labute approximate surface area is 166 Å². The van der Waals surface area contributed by atoms with Crippen molar-refractivity contribution in [3.8, 4) is 11.3 Å². The third-order valence-electron chi connectivity index (χ3n) is 4.13. The summed E-state index contributed by atoms with van der Waals surface area (Å²) in [6.07, 6.45) is 0. The number of benzene rings is 2. The number of aromatic nitrogens is 2. The van der Waals surface area contributed by atoms with Crippen molar-refractivity contribution in [3.05, 3.63) is 81.4 Å². The fourth-order valence-electron chi connectivity index (χ4n) is 2.63. The van der Waals surface area contributed by atoms with Gasteiger partial charge in [-0.15, -0.1) is 0 Å². The van der Waals surface area contributed by atoms with Crippen LogP contribution in [0.1, 0.15) is 5.56 Å². The van der Waals surface area contributed by atoms with Crippen LogP contribution in [0.5, 0.6) is 0 Å². The largest absolute Gasteiger partial charge is 0.268 e. The van der Waals surface area contributed by atoms with E-state index in [0.29, 0.717) is 21.8 Å². The van der Waals surface area contributed by atoms with Gasteiger partial charge in [-0.05, 0) is 55.0 Å². The molecule has 0 amide bonds. The summed E-state index contributed by atoms with van der Waals surface area (Å²) in [5, 5.41) is 4.58. The van der Waals surface area contributed by atoms with Crippen molar-refractivity contribution in [2.75, 3.05) is 6.54 Å². The van der Waals surface area contributed by atoms with E-state index in [0.717, 1.165) is 4.68 Å². The maximum absolute atomic E-state index is 13.1. The third kappa shape index (κ3) is 4.46. The maximum Gasteiger partial charge on any atom is 0.266 e. The maximum atomic E-state index is 13.1. The van der Waals surface area contributed by atoms with Gasteiger partial charge in [-0.3, -0.25) is 4.79 Å². The van der Waals surface area contributed by atoms with Gasteiger partial charge in [-0.25, -0.2) is 22.2 Å². The topological polar surface area (TPSA) is 81.1 Å². The molecule has 28 heavy (non-hydrogen) atoms. The first-order valence-electron chi connectivity index (χ1n) is 8.37.